The van der Waals surface area contributed by atoms with Gasteiger partial charge in [-0.2, -0.15) is 0 Å². The van der Waals surface area contributed by atoms with Crippen molar-refractivity contribution in [2.45, 2.75) is 6.54 Å². The van der Waals surface area contributed by atoms with Gasteiger partial charge >= 0.3 is 0 Å². The van der Waals surface area contributed by atoms with Crippen LogP contribution in [0.5, 0.6) is 5.75 Å². The Labute approximate surface area is 118 Å². The molecule has 4 heteroatoms. The van der Waals surface area contributed by atoms with Gasteiger partial charge in [0.15, 0.2) is 5.75 Å². The number of nitrogens with two attached hydrogens (primary N) is 1. The maximum Gasteiger partial charge on any atom is 0.257 e. The molecule has 1 amide bonds. The Morgan fingerprint density at radius 2 is 1.85 bits per heavy atom. The van der Waals surface area contributed by atoms with Crippen LogP contribution in [-0.2, 0) is 6.54 Å². The van der Waals surface area contributed by atoms with Crippen LogP contribution in [0.1, 0.15) is 15.9 Å². The molecule has 2 rings (SSSR count). The van der Waals surface area contributed by atoms with E-state index in [2.05, 4.69) is 0 Å². The fourth-order valence-electron chi connectivity index (χ4n) is 2.09. The first-order valence-corrected chi connectivity index (χ1v) is 6.35. The first-order valence-electron chi connectivity index (χ1n) is 6.35. The van der Waals surface area contributed by atoms with Crippen LogP contribution in [0, 0.1) is 0 Å². The van der Waals surface area contributed by atoms with E-state index >= 15 is 0 Å². The predicted molar refractivity (Wildman–Crippen MR) is 79.6 cm³/mol. The molecular formula is C16H18N2O2. The highest BCUT2D eigenvalue weighted by molar-refractivity contribution is 5.98. The van der Waals surface area contributed by atoms with Crippen molar-refractivity contribution < 1.29 is 9.53 Å². The van der Waals surface area contributed by atoms with Gasteiger partial charge in [-0.05, 0) is 17.7 Å². The Morgan fingerprint density at radius 1 is 1.15 bits per heavy atom. The molecule has 0 aliphatic carbocycles. The molecule has 0 spiro atoms. The van der Waals surface area contributed by atoms with Crippen molar-refractivity contribution in [1.29, 1.82) is 0 Å². The van der Waals surface area contributed by atoms with Gasteiger partial charge in [-0.3, -0.25) is 4.79 Å². The number of nitrogens with zero attached hydrogens (tertiary/aromatic N) is 1. The van der Waals surface area contributed by atoms with Gasteiger partial charge in [0.05, 0.1) is 18.4 Å². The van der Waals surface area contributed by atoms with Gasteiger partial charge in [0, 0.05) is 13.6 Å². The van der Waals surface area contributed by atoms with Gasteiger partial charge in [-0.25, -0.2) is 0 Å². The van der Waals surface area contributed by atoms with Gasteiger partial charge in [0.25, 0.3) is 5.91 Å². The first-order chi connectivity index (χ1) is 9.63. The van der Waals surface area contributed by atoms with Crippen LogP contribution in [0.25, 0.3) is 0 Å². The highest BCUT2D eigenvalue weighted by Gasteiger charge is 2.18. The van der Waals surface area contributed by atoms with E-state index in [9.17, 15) is 4.79 Å². The Balaban J connectivity index is 2.21. The zero-order chi connectivity index (χ0) is 14.5. The number of hydrogen-bond donors (Lipinski definition) is 1. The summed E-state index contributed by atoms with van der Waals surface area (Å²) in [6, 6.07) is 15.0. The van der Waals surface area contributed by atoms with Gasteiger partial charge in [0.2, 0.25) is 0 Å². The van der Waals surface area contributed by atoms with Gasteiger partial charge in [0.1, 0.15) is 0 Å². The molecule has 2 aromatic rings. The number of para-hydroxylation sites is 1. The molecule has 20 heavy (non-hydrogen) atoms. The van der Waals surface area contributed by atoms with Crippen molar-refractivity contribution in [1.82, 2.24) is 4.90 Å². The summed E-state index contributed by atoms with van der Waals surface area (Å²) in [5.41, 5.74) is 7.84. The van der Waals surface area contributed by atoms with E-state index < -0.39 is 0 Å². The second kappa shape index (κ2) is 6.10. The number of methoxy groups -OCH3 is 1. The molecule has 0 saturated heterocycles. The maximum absolute atomic E-state index is 12.5. The van der Waals surface area contributed by atoms with Crippen molar-refractivity contribution in [3.63, 3.8) is 0 Å². The molecule has 0 saturated carbocycles. The van der Waals surface area contributed by atoms with Crippen LogP contribution in [0.3, 0.4) is 0 Å². The Bertz CT molecular complexity index is 597. The van der Waals surface area contributed by atoms with Crippen molar-refractivity contribution in [2.75, 3.05) is 19.9 Å². The number of hydrogen-bond acceptors (Lipinski definition) is 3. The van der Waals surface area contributed by atoms with Crippen molar-refractivity contribution in [3.05, 3.63) is 59.7 Å². The van der Waals surface area contributed by atoms with Crippen molar-refractivity contribution >= 4 is 11.6 Å². The van der Waals surface area contributed by atoms with Crippen LogP contribution in [0.4, 0.5) is 5.69 Å². The molecule has 0 radical (unpaired) electrons. The summed E-state index contributed by atoms with van der Waals surface area (Å²) >= 11 is 0. The van der Waals surface area contributed by atoms with Crippen molar-refractivity contribution in [3.8, 4) is 5.75 Å². The van der Waals surface area contributed by atoms with E-state index in [-0.39, 0.29) is 5.91 Å². The Morgan fingerprint density at radius 3 is 2.50 bits per heavy atom. The number of carbonyl (C=O) groups is 1. The zero-order valence-corrected chi connectivity index (χ0v) is 11.7. The van der Waals surface area contributed by atoms with Crippen LogP contribution in [0.2, 0.25) is 0 Å². The molecule has 2 aromatic carbocycles. The summed E-state index contributed by atoms with van der Waals surface area (Å²) in [7, 11) is 3.28. The first kappa shape index (κ1) is 13.9. The molecule has 2 N–H and O–H groups in total. The normalized spacial score (nSPS) is 10.1. The number of carbonyl (C=O) groups excluding carboxylic acids is 1. The Kier molecular flexibility index (Phi) is 4.25. The lowest BCUT2D eigenvalue weighted by molar-refractivity contribution is 0.0782. The average molecular weight is 270 g/mol. The van der Waals surface area contributed by atoms with E-state index in [0.717, 1.165) is 5.56 Å². The van der Waals surface area contributed by atoms with E-state index in [1.807, 2.05) is 30.3 Å². The quantitative estimate of drug-likeness (QED) is 0.869. The fourth-order valence-corrected chi connectivity index (χ4v) is 2.09. The summed E-state index contributed by atoms with van der Waals surface area (Å²) in [6.45, 7) is 0.539. The SMILES string of the molecule is COc1c(N)cccc1C(=O)N(C)Cc1ccccc1. The second-order valence-corrected chi connectivity index (χ2v) is 4.57. The topological polar surface area (TPSA) is 55.6 Å². The minimum atomic E-state index is -0.113. The summed E-state index contributed by atoms with van der Waals surface area (Å²) in [6.07, 6.45) is 0. The zero-order valence-electron chi connectivity index (χ0n) is 11.7. The van der Waals surface area contributed by atoms with E-state index in [4.69, 9.17) is 10.5 Å². The summed E-state index contributed by atoms with van der Waals surface area (Å²) in [5, 5.41) is 0. The number of amides is 1. The van der Waals surface area contributed by atoms with Crippen LogP contribution in [0.15, 0.2) is 48.5 Å². The summed E-state index contributed by atoms with van der Waals surface area (Å²) < 4.78 is 5.23. The van der Waals surface area contributed by atoms with E-state index in [1.54, 1.807) is 30.1 Å². The second-order valence-electron chi connectivity index (χ2n) is 4.57. The lowest BCUT2D eigenvalue weighted by Gasteiger charge is -2.19. The lowest BCUT2D eigenvalue weighted by Crippen LogP contribution is -2.26. The molecule has 0 heterocycles. The maximum atomic E-state index is 12.5. The largest absolute Gasteiger partial charge is 0.494 e. The van der Waals surface area contributed by atoms with Crippen molar-refractivity contribution in [2.24, 2.45) is 0 Å². The molecule has 0 unspecified atom stereocenters. The number of ether oxygens (including phenoxy) is 1. The molecule has 4 nitrogen and oxygen atoms in total. The number of anilines is 1. The molecule has 0 bridgehead atoms. The number of nitrogen functional groups attached to an aromatic ring is 1. The summed E-state index contributed by atoms with van der Waals surface area (Å²) in [4.78, 5) is 14.1. The number of rotatable bonds is 4. The molecular weight excluding hydrogens is 252 g/mol. The monoisotopic (exact) mass is 270 g/mol. The minimum Gasteiger partial charge on any atom is -0.494 e. The van der Waals surface area contributed by atoms with Gasteiger partial charge in [-0.1, -0.05) is 36.4 Å². The van der Waals surface area contributed by atoms with Crippen LogP contribution >= 0.6 is 0 Å². The average Bonchev–Trinajstić information content (AvgIpc) is 2.47. The van der Waals surface area contributed by atoms with Crippen LogP contribution < -0.4 is 10.5 Å². The standard InChI is InChI=1S/C16H18N2O2/c1-18(11-12-7-4-3-5-8-12)16(19)13-9-6-10-14(17)15(13)20-2/h3-10H,11,17H2,1-2H3. The smallest absolute Gasteiger partial charge is 0.257 e. The lowest BCUT2D eigenvalue weighted by atomic mass is 10.1. The fraction of sp³-hybridized carbons (Fsp3) is 0.188. The number of benzene rings is 2. The minimum absolute atomic E-state index is 0.113. The Hall–Kier alpha value is -2.49. The highest BCUT2D eigenvalue weighted by Crippen LogP contribution is 2.27. The third-order valence-electron chi connectivity index (χ3n) is 3.09. The molecule has 0 aliphatic heterocycles. The highest BCUT2D eigenvalue weighted by atomic mass is 16.5. The molecule has 104 valence electrons. The van der Waals surface area contributed by atoms with Gasteiger partial charge < -0.3 is 15.4 Å². The van der Waals surface area contributed by atoms with E-state index in [0.29, 0.717) is 23.5 Å². The molecule has 0 aromatic heterocycles. The van der Waals surface area contributed by atoms with Crippen LogP contribution in [-0.4, -0.2) is 25.0 Å². The molecule has 0 atom stereocenters. The summed E-state index contributed by atoms with van der Waals surface area (Å²) in [5.74, 6) is 0.315. The molecule has 0 fully saturated rings. The third-order valence-corrected chi connectivity index (χ3v) is 3.09. The predicted octanol–water partition coefficient (Wildman–Crippen LogP) is 2.55. The molecule has 0 aliphatic rings. The van der Waals surface area contributed by atoms with Gasteiger partial charge in [-0.15, -0.1) is 0 Å². The third kappa shape index (κ3) is 2.91. The van der Waals surface area contributed by atoms with E-state index in [1.165, 1.54) is 7.11 Å².